The summed E-state index contributed by atoms with van der Waals surface area (Å²) in [5, 5.41) is 0.306. The fourth-order valence-corrected chi connectivity index (χ4v) is 0.611. The van der Waals surface area contributed by atoms with E-state index in [1.165, 1.54) is 0 Å². The van der Waals surface area contributed by atoms with Crippen LogP contribution in [-0.4, -0.2) is 37.6 Å². The van der Waals surface area contributed by atoms with Crippen molar-refractivity contribution in [3.05, 3.63) is 0 Å². The number of carbonyl (C=O) groups is 1. The molecule has 0 aliphatic carbocycles. The molecular weight excluding hydrogens is 212 g/mol. The van der Waals surface area contributed by atoms with Crippen LogP contribution in [0.1, 0.15) is 26.7 Å². The topological polar surface area (TPSA) is 117 Å². The smallest absolute Gasteiger partial charge is 0.343 e. The van der Waals surface area contributed by atoms with Crippen molar-refractivity contribution < 1.29 is 14.3 Å². The summed E-state index contributed by atoms with van der Waals surface area (Å²) in [5.41, 5.74) is 4.47. The number of ether oxygens (including phenoxy) is 2. The maximum atomic E-state index is 9.60. The quantitative estimate of drug-likeness (QED) is 0.248. The van der Waals surface area contributed by atoms with Crippen molar-refractivity contribution in [3.63, 3.8) is 0 Å². The van der Waals surface area contributed by atoms with Gasteiger partial charge in [0.15, 0.2) is 0 Å². The van der Waals surface area contributed by atoms with Gasteiger partial charge in [-0.1, -0.05) is 13.8 Å². The lowest BCUT2D eigenvalue weighted by molar-refractivity contribution is 0.0483. The second kappa shape index (κ2) is 14.1. The van der Waals surface area contributed by atoms with E-state index in [0.717, 1.165) is 39.3 Å². The highest BCUT2D eigenvalue weighted by atomic mass is 16.5. The minimum Gasteiger partial charge on any atom is -0.379 e. The molecular formula is C9H24N4O3. The number of urea groups is 1. The van der Waals surface area contributed by atoms with Crippen LogP contribution in [0.3, 0.4) is 0 Å². The third kappa shape index (κ3) is 18.8. The fraction of sp³-hybridized carbons (Fsp3) is 0.889. The molecule has 0 aliphatic heterocycles. The normalized spacial score (nSPS) is 9.25. The Morgan fingerprint density at radius 2 is 1.31 bits per heavy atom. The fourth-order valence-electron chi connectivity index (χ4n) is 0.611. The van der Waals surface area contributed by atoms with Gasteiger partial charge < -0.3 is 15.2 Å². The van der Waals surface area contributed by atoms with Crippen LogP contribution in [-0.2, 0) is 9.47 Å². The molecule has 7 nitrogen and oxygen atoms in total. The number of nitrogens with two attached hydrogens (primary N) is 3. The van der Waals surface area contributed by atoms with Crippen LogP contribution in [0.4, 0.5) is 4.79 Å². The Morgan fingerprint density at radius 1 is 1.00 bits per heavy atom. The molecule has 0 saturated carbocycles. The van der Waals surface area contributed by atoms with Crippen LogP contribution in [0.25, 0.3) is 0 Å². The van der Waals surface area contributed by atoms with Crippen molar-refractivity contribution in [1.29, 1.82) is 0 Å². The van der Waals surface area contributed by atoms with Gasteiger partial charge in [-0.15, -0.1) is 0 Å². The molecule has 0 aromatic heterocycles. The average molecular weight is 236 g/mol. The second-order valence-electron chi connectivity index (χ2n) is 2.97. The molecule has 0 bridgehead atoms. The Balaban J connectivity index is 0. The molecule has 98 valence electrons. The lowest BCUT2D eigenvalue weighted by atomic mass is 10.5. The summed E-state index contributed by atoms with van der Waals surface area (Å²) in [6, 6.07) is -0.852. The van der Waals surface area contributed by atoms with Crippen LogP contribution in [0.15, 0.2) is 0 Å². The summed E-state index contributed by atoms with van der Waals surface area (Å²) in [5.74, 6) is 9.14. The molecule has 0 saturated heterocycles. The Hall–Kier alpha value is -0.890. The molecule has 2 amide bonds. The molecule has 7 heteroatoms. The maximum Gasteiger partial charge on any atom is 0.343 e. The van der Waals surface area contributed by atoms with E-state index >= 15 is 0 Å². The van der Waals surface area contributed by atoms with Crippen LogP contribution in [0.2, 0.25) is 0 Å². The molecule has 0 atom stereocenters. The van der Waals surface area contributed by atoms with Crippen LogP contribution < -0.4 is 17.4 Å². The van der Waals surface area contributed by atoms with Gasteiger partial charge in [-0.05, 0) is 12.8 Å². The molecule has 0 heterocycles. The number of rotatable bonds is 7. The predicted molar refractivity (Wildman–Crippen MR) is 62.0 cm³/mol. The number of amides is 2. The van der Waals surface area contributed by atoms with Crippen molar-refractivity contribution in [2.75, 3.05) is 26.4 Å². The molecule has 0 fully saturated rings. The van der Waals surface area contributed by atoms with Gasteiger partial charge in [0, 0.05) is 13.2 Å². The van der Waals surface area contributed by atoms with Crippen molar-refractivity contribution in [2.24, 2.45) is 17.4 Å². The first-order chi connectivity index (χ1) is 7.56. The molecule has 0 aliphatic rings. The lowest BCUT2D eigenvalue weighted by Gasteiger charge is -2.02. The summed E-state index contributed by atoms with van der Waals surface area (Å²) in [6.07, 6.45) is 2.18. The Kier molecular flexibility index (Phi) is 15.4. The zero-order chi connectivity index (χ0) is 12.8. The SMILES string of the molecule is CCCOCCOCCC.NC(=O)N(N)N. The standard InChI is InChI=1S/C8H18O2.CH6N4O/c1-3-5-9-7-8-10-6-4-2;2-1(6)5(3)4/h3-8H2,1-2H3;3-4H2,(H2,2,6). The Morgan fingerprint density at radius 3 is 1.50 bits per heavy atom. The van der Waals surface area contributed by atoms with E-state index in [0.29, 0.717) is 5.12 Å². The molecule has 6 N–H and O–H groups in total. The number of carbonyl (C=O) groups excluding carboxylic acids is 1. The highest BCUT2D eigenvalue weighted by Crippen LogP contribution is 1.83. The predicted octanol–water partition coefficient (Wildman–Crippen LogP) is -0.0459. The van der Waals surface area contributed by atoms with Crippen molar-refractivity contribution in [2.45, 2.75) is 26.7 Å². The lowest BCUT2D eigenvalue weighted by Crippen LogP contribution is -2.46. The molecule has 0 aromatic carbocycles. The number of hydrogen-bond acceptors (Lipinski definition) is 5. The van der Waals surface area contributed by atoms with E-state index in [2.05, 4.69) is 31.3 Å². The zero-order valence-corrected chi connectivity index (χ0v) is 10.1. The molecule has 0 aromatic rings. The van der Waals surface area contributed by atoms with Crippen molar-refractivity contribution in [3.8, 4) is 0 Å². The van der Waals surface area contributed by atoms with Crippen LogP contribution in [0, 0.1) is 0 Å². The average Bonchev–Trinajstić information content (AvgIpc) is 2.24. The summed E-state index contributed by atoms with van der Waals surface area (Å²) in [4.78, 5) is 9.60. The van der Waals surface area contributed by atoms with Gasteiger partial charge in [0.25, 0.3) is 0 Å². The van der Waals surface area contributed by atoms with Crippen molar-refractivity contribution in [1.82, 2.24) is 5.12 Å². The largest absolute Gasteiger partial charge is 0.379 e. The van der Waals surface area contributed by atoms with Crippen LogP contribution >= 0.6 is 0 Å². The highest BCUT2D eigenvalue weighted by Gasteiger charge is 1.90. The van der Waals surface area contributed by atoms with Gasteiger partial charge >= 0.3 is 6.03 Å². The summed E-state index contributed by atoms with van der Waals surface area (Å²) >= 11 is 0. The van der Waals surface area contributed by atoms with E-state index in [9.17, 15) is 4.79 Å². The zero-order valence-electron chi connectivity index (χ0n) is 10.1. The highest BCUT2D eigenvalue weighted by molar-refractivity contribution is 5.70. The van der Waals surface area contributed by atoms with E-state index in [1.54, 1.807) is 0 Å². The van der Waals surface area contributed by atoms with Gasteiger partial charge in [0.05, 0.1) is 13.2 Å². The maximum absolute atomic E-state index is 9.60. The van der Waals surface area contributed by atoms with Gasteiger partial charge in [-0.2, -0.15) is 5.12 Å². The summed E-state index contributed by atoms with van der Waals surface area (Å²) in [7, 11) is 0. The minimum atomic E-state index is -0.852. The minimum absolute atomic E-state index is 0.306. The Labute approximate surface area is 96.8 Å². The van der Waals surface area contributed by atoms with Gasteiger partial charge in [0.2, 0.25) is 0 Å². The molecule has 0 rings (SSSR count). The van der Waals surface area contributed by atoms with E-state index in [-0.39, 0.29) is 0 Å². The molecule has 0 unspecified atom stereocenters. The summed E-state index contributed by atoms with van der Waals surface area (Å²) < 4.78 is 10.4. The Bertz CT molecular complexity index is 148. The molecule has 16 heavy (non-hydrogen) atoms. The molecule has 0 spiro atoms. The first-order valence-corrected chi connectivity index (χ1v) is 5.30. The van der Waals surface area contributed by atoms with Gasteiger partial charge in [-0.3, -0.25) is 0 Å². The number of nitrogens with zero attached hydrogens (tertiary/aromatic N) is 1. The van der Waals surface area contributed by atoms with E-state index in [4.69, 9.17) is 9.47 Å². The first-order valence-electron chi connectivity index (χ1n) is 5.30. The number of hydrazine groups is 2. The number of primary amides is 1. The number of hydrogen-bond donors (Lipinski definition) is 3. The monoisotopic (exact) mass is 236 g/mol. The third-order valence-corrected chi connectivity index (χ3v) is 1.32. The molecule has 0 radical (unpaired) electrons. The summed E-state index contributed by atoms with van der Waals surface area (Å²) in [6.45, 7) is 7.41. The van der Waals surface area contributed by atoms with Crippen molar-refractivity contribution >= 4 is 6.03 Å². The van der Waals surface area contributed by atoms with Crippen LogP contribution in [0.5, 0.6) is 0 Å². The third-order valence-electron chi connectivity index (χ3n) is 1.32. The van der Waals surface area contributed by atoms with Gasteiger partial charge in [-0.25, -0.2) is 16.5 Å². The second-order valence-corrected chi connectivity index (χ2v) is 2.97. The van der Waals surface area contributed by atoms with Gasteiger partial charge in [0.1, 0.15) is 0 Å². The van der Waals surface area contributed by atoms with E-state index < -0.39 is 6.03 Å². The first kappa shape index (κ1) is 17.5. The van der Waals surface area contributed by atoms with E-state index in [1.807, 2.05) is 0 Å².